The van der Waals surface area contributed by atoms with Gasteiger partial charge in [-0.05, 0) is 52.7 Å². The monoisotopic (exact) mass is 267 g/mol. The van der Waals surface area contributed by atoms with Gasteiger partial charge in [-0.1, -0.05) is 6.92 Å². The highest BCUT2D eigenvalue weighted by Gasteiger charge is 2.21. The molecule has 0 bridgehead atoms. The molecule has 1 aromatic heterocycles. The first-order chi connectivity index (χ1) is 8.69. The van der Waals surface area contributed by atoms with Crippen LogP contribution in [-0.4, -0.2) is 35.6 Å². The molecule has 1 aromatic rings. The number of rotatable bonds is 5. The molecular weight excluding hydrogens is 242 g/mol. The number of hydrogen-bond acceptors (Lipinski definition) is 4. The van der Waals surface area contributed by atoms with Crippen LogP contribution in [0.1, 0.15) is 49.0 Å². The van der Waals surface area contributed by atoms with E-state index in [1.54, 1.807) is 0 Å². The van der Waals surface area contributed by atoms with E-state index in [9.17, 15) is 0 Å². The van der Waals surface area contributed by atoms with E-state index in [1.807, 2.05) is 17.5 Å². The SMILES string of the molecule is CCCN1CCC(NC(C)c2ncc(C)s2)CC1. The topological polar surface area (TPSA) is 28.2 Å². The van der Waals surface area contributed by atoms with Crippen LogP contribution in [0.4, 0.5) is 0 Å². The summed E-state index contributed by atoms with van der Waals surface area (Å²) in [5.41, 5.74) is 0. The number of aromatic nitrogens is 1. The summed E-state index contributed by atoms with van der Waals surface area (Å²) in [6, 6.07) is 1.06. The Kier molecular flexibility index (Phi) is 5.15. The molecule has 0 aliphatic carbocycles. The maximum absolute atomic E-state index is 4.47. The predicted molar refractivity (Wildman–Crippen MR) is 78.2 cm³/mol. The Morgan fingerprint density at radius 3 is 2.78 bits per heavy atom. The van der Waals surface area contributed by atoms with E-state index < -0.39 is 0 Å². The fourth-order valence-electron chi connectivity index (χ4n) is 2.64. The molecular formula is C14H25N3S. The van der Waals surface area contributed by atoms with Gasteiger partial charge in [0.1, 0.15) is 5.01 Å². The fourth-order valence-corrected chi connectivity index (χ4v) is 3.42. The zero-order chi connectivity index (χ0) is 13.0. The zero-order valence-electron chi connectivity index (χ0n) is 11.8. The van der Waals surface area contributed by atoms with Crippen molar-refractivity contribution >= 4 is 11.3 Å². The Bertz CT molecular complexity index is 356. The van der Waals surface area contributed by atoms with Crippen molar-refractivity contribution in [3.05, 3.63) is 16.1 Å². The molecule has 1 atom stereocenters. The summed E-state index contributed by atoms with van der Waals surface area (Å²) in [4.78, 5) is 8.35. The van der Waals surface area contributed by atoms with Gasteiger partial charge in [0.25, 0.3) is 0 Å². The lowest BCUT2D eigenvalue weighted by atomic mass is 10.0. The maximum atomic E-state index is 4.47. The highest BCUT2D eigenvalue weighted by atomic mass is 32.1. The molecule has 1 N–H and O–H groups in total. The predicted octanol–water partition coefficient (Wildman–Crippen LogP) is 2.98. The average molecular weight is 267 g/mol. The van der Waals surface area contributed by atoms with Crippen molar-refractivity contribution in [2.75, 3.05) is 19.6 Å². The maximum Gasteiger partial charge on any atom is 0.109 e. The molecule has 2 rings (SSSR count). The summed E-state index contributed by atoms with van der Waals surface area (Å²) in [5.74, 6) is 0. The lowest BCUT2D eigenvalue weighted by Crippen LogP contribution is -2.43. The van der Waals surface area contributed by atoms with Crippen LogP contribution in [0, 0.1) is 6.92 Å². The normalized spacial score (nSPS) is 20.2. The second-order valence-corrected chi connectivity index (χ2v) is 6.58. The number of thiazole rings is 1. The third-order valence-electron chi connectivity index (χ3n) is 3.62. The van der Waals surface area contributed by atoms with E-state index in [0.29, 0.717) is 12.1 Å². The molecule has 102 valence electrons. The number of hydrogen-bond donors (Lipinski definition) is 1. The van der Waals surface area contributed by atoms with Crippen molar-refractivity contribution in [1.82, 2.24) is 15.2 Å². The Labute approximate surface area is 115 Å². The van der Waals surface area contributed by atoms with Gasteiger partial charge in [-0.2, -0.15) is 0 Å². The lowest BCUT2D eigenvalue weighted by Gasteiger charge is -2.33. The molecule has 0 saturated carbocycles. The Morgan fingerprint density at radius 2 is 2.22 bits per heavy atom. The van der Waals surface area contributed by atoms with Crippen molar-refractivity contribution in [2.24, 2.45) is 0 Å². The van der Waals surface area contributed by atoms with Crippen molar-refractivity contribution in [3.63, 3.8) is 0 Å². The van der Waals surface area contributed by atoms with E-state index in [0.717, 1.165) is 0 Å². The van der Waals surface area contributed by atoms with Gasteiger partial charge in [0.15, 0.2) is 0 Å². The highest BCUT2D eigenvalue weighted by Crippen LogP contribution is 2.21. The molecule has 1 unspecified atom stereocenters. The molecule has 4 heteroatoms. The quantitative estimate of drug-likeness (QED) is 0.889. The van der Waals surface area contributed by atoms with Gasteiger partial charge in [-0.3, -0.25) is 0 Å². The highest BCUT2D eigenvalue weighted by molar-refractivity contribution is 7.11. The van der Waals surface area contributed by atoms with Crippen molar-refractivity contribution in [3.8, 4) is 0 Å². The molecule has 1 fully saturated rings. The second kappa shape index (κ2) is 6.64. The molecule has 0 spiro atoms. The van der Waals surface area contributed by atoms with Crippen LogP contribution in [0.25, 0.3) is 0 Å². The number of likely N-dealkylation sites (tertiary alicyclic amines) is 1. The van der Waals surface area contributed by atoms with Crippen molar-refractivity contribution in [1.29, 1.82) is 0 Å². The minimum atomic E-state index is 0.395. The van der Waals surface area contributed by atoms with Crippen LogP contribution >= 0.6 is 11.3 Å². The summed E-state index contributed by atoms with van der Waals surface area (Å²) in [6.07, 6.45) is 5.79. The molecule has 0 amide bonds. The molecule has 1 aliphatic heterocycles. The summed E-state index contributed by atoms with van der Waals surface area (Å²) in [6.45, 7) is 10.4. The minimum Gasteiger partial charge on any atom is -0.305 e. The summed E-state index contributed by atoms with van der Waals surface area (Å²) >= 11 is 1.81. The van der Waals surface area contributed by atoms with Crippen molar-refractivity contribution in [2.45, 2.75) is 52.1 Å². The van der Waals surface area contributed by atoms with E-state index in [1.165, 1.54) is 48.8 Å². The van der Waals surface area contributed by atoms with Gasteiger partial charge in [0.05, 0.1) is 6.04 Å². The molecule has 1 aliphatic rings. The van der Waals surface area contributed by atoms with E-state index in [-0.39, 0.29) is 0 Å². The number of aryl methyl sites for hydroxylation is 1. The van der Waals surface area contributed by atoms with Crippen LogP contribution in [0.5, 0.6) is 0 Å². The van der Waals surface area contributed by atoms with Gasteiger partial charge >= 0.3 is 0 Å². The smallest absolute Gasteiger partial charge is 0.109 e. The Morgan fingerprint density at radius 1 is 1.50 bits per heavy atom. The van der Waals surface area contributed by atoms with Crippen LogP contribution in [0.3, 0.4) is 0 Å². The molecule has 0 aromatic carbocycles. The second-order valence-electron chi connectivity index (χ2n) is 5.31. The standard InChI is InChI=1S/C14H25N3S/c1-4-7-17-8-5-13(6-9-17)16-12(3)14-15-10-11(2)18-14/h10,12-13,16H,4-9H2,1-3H3. The molecule has 3 nitrogen and oxygen atoms in total. The number of nitrogens with one attached hydrogen (secondary N) is 1. The first-order valence-electron chi connectivity index (χ1n) is 7.09. The lowest BCUT2D eigenvalue weighted by molar-refractivity contribution is 0.192. The molecule has 1 saturated heterocycles. The Hall–Kier alpha value is -0.450. The molecule has 18 heavy (non-hydrogen) atoms. The number of nitrogens with zero attached hydrogens (tertiary/aromatic N) is 2. The van der Waals surface area contributed by atoms with Gasteiger partial charge in [-0.15, -0.1) is 11.3 Å². The van der Waals surface area contributed by atoms with Gasteiger partial charge in [-0.25, -0.2) is 4.98 Å². The first kappa shape index (κ1) is 14.0. The van der Waals surface area contributed by atoms with E-state index in [4.69, 9.17) is 0 Å². The van der Waals surface area contributed by atoms with Crippen LogP contribution in [-0.2, 0) is 0 Å². The van der Waals surface area contributed by atoms with E-state index >= 15 is 0 Å². The fraction of sp³-hybridized carbons (Fsp3) is 0.786. The van der Waals surface area contributed by atoms with Crippen LogP contribution in [0.15, 0.2) is 6.20 Å². The van der Waals surface area contributed by atoms with Crippen molar-refractivity contribution < 1.29 is 0 Å². The van der Waals surface area contributed by atoms with Crippen LogP contribution < -0.4 is 5.32 Å². The molecule has 2 heterocycles. The summed E-state index contributed by atoms with van der Waals surface area (Å²) in [5, 5.41) is 4.96. The molecule has 0 radical (unpaired) electrons. The van der Waals surface area contributed by atoms with Crippen LogP contribution in [0.2, 0.25) is 0 Å². The van der Waals surface area contributed by atoms with Gasteiger partial charge in [0.2, 0.25) is 0 Å². The third kappa shape index (κ3) is 3.77. The largest absolute Gasteiger partial charge is 0.305 e. The summed E-state index contributed by atoms with van der Waals surface area (Å²) < 4.78 is 0. The Balaban J connectivity index is 1.77. The average Bonchev–Trinajstić information content (AvgIpc) is 2.79. The minimum absolute atomic E-state index is 0.395. The van der Waals surface area contributed by atoms with E-state index in [2.05, 4.69) is 36.0 Å². The summed E-state index contributed by atoms with van der Waals surface area (Å²) in [7, 11) is 0. The van der Waals surface area contributed by atoms with Gasteiger partial charge in [0, 0.05) is 17.1 Å². The first-order valence-corrected chi connectivity index (χ1v) is 7.91. The zero-order valence-corrected chi connectivity index (χ0v) is 12.6. The third-order valence-corrected chi connectivity index (χ3v) is 4.72. The van der Waals surface area contributed by atoms with Gasteiger partial charge < -0.3 is 10.2 Å². The number of piperidine rings is 1.